The summed E-state index contributed by atoms with van der Waals surface area (Å²) < 4.78 is 10.6. The van der Waals surface area contributed by atoms with Gasteiger partial charge < -0.3 is 24.3 Å². The maximum atomic E-state index is 12.8. The lowest BCUT2D eigenvalue weighted by Crippen LogP contribution is -2.48. The van der Waals surface area contributed by atoms with Crippen LogP contribution >= 0.6 is 0 Å². The molecule has 1 atom stereocenters. The van der Waals surface area contributed by atoms with Crippen LogP contribution in [0, 0.1) is 5.92 Å². The minimum atomic E-state index is -0.396. The van der Waals surface area contributed by atoms with E-state index < -0.39 is 5.92 Å². The maximum Gasteiger partial charge on any atom is 0.257 e. The van der Waals surface area contributed by atoms with Crippen LogP contribution in [-0.2, 0) is 9.59 Å². The number of nitrogens with zero attached hydrogens (tertiary/aromatic N) is 2. The summed E-state index contributed by atoms with van der Waals surface area (Å²) in [5.41, 5.74) is 1.25. The summed E-state index contributed by atoms with van der Waals surface area (Å²) in [6.45, 7) is 3.89. The molecule has 2 aliphatic rings. The molecule has 0 spiro atoms. The second-order valence-corrected chi connectivity index (χ2v) is 7.89. The summed E-state index contributed by atoms with van der Waals surface area (Å²) in [7, 11) is 0. The van der Waals surface area contributed by atoms with Crippen LogP contribution in [-0.4, -0.2) is 54.9 Å². The van der Waals surface area contributed by atoms with E-state index in [1.807, 2.05) is 31.2 Å². The Morgan fingerprint density at radius 1 is 1.19 bits per heavy atom. The number of carbonyl (C=O) groups is 3. The van der Waals surface area contributed by atoms with E-state index >= 15 is 0 Å². The van der Waals surface area contributed by atoms with Crippen LogP contribution in [0.1, 0.15) is 36.5 Å². The first-order valence-electron chi connectivity index (χ1n) is 10.7. The van der Waals surface area contributed by atoms with Gasteiger partial charge in [0.15, 0.2) is 0 Å². The first-order chi connectivity index (χ1) is 15.1. The number of anilines is 1. The summed E-state index contributed by atoms with van der Waals surface area (Å²) >= 11 is 0. The van der Waals surface area contributed by atoms with Crippen molar-refractivity contribution in [2.75, 3.05) is 31.1 Å². The van der Waals surface area contributed by atoms with Gasteiger partial charge in [0, 0.05) is 32.1 Å². The second kappa shape index (κ2) is 9.24. The van der Waals surface area contributed by atoms with E-state index in [-0.39, 0.29) is 30.2 Å². The molecule has 0 radical (unpaired) electrons. The number of benzene rings is 1. The molecule has 0 bridgehead atoms. The normalized spacial score (nSPS) is 19.5. The van der Waals surface area contributed by atoms with Crippen LogP contribution in [0.15, 0.2) is 47.3 Å². The van der Waals surface area contributed by atoms with Crippen LogP contribution in [0.3, 0.4) is 0 Å². The van der Waals surface area contributed by atoms with Gasteiger partial charge in [-0.25, -0.2) is 0 Å². The van der Waals surface area contributed by atoms with Crippen molar-refractivity contribution in [3.05, 3.63) is 48.4 Å². The fraction of sp³-hybridized carbons (Fsp3) is 0.435. The lowest BCUT2D eigenvalue weighted by molar-refractivity contribution is -0.127. The monoisotopic (exact) mass is 425 g/mol. The molecule has 1 N–H and O–H groups in total. The van der Waals surface area contributed by atoms with E-state index in [2.05, 4.69) is 5.32 Å². The largest absolute Gasteiger partial charge is 0.492 e. The summed E-state index contributed by atoms with van der Waals surface area (Å²) in [4.78, 5) is 41.3. The number of hydrogen-bond donors (Lipinski definition) is 1. The first kappa shape index (κ1) is 21.0. The third-order valence-electron chi connectivity index (χ3n) is 5.85. The zero-order valence-corrected chi connectivity index (χ0v) is 17.6. The molecule has 1 aromatic heterocycles. The van der Waals surface area contributed by atoms with Gasteiger partial charge in [-0.15, -0.1) is 0 Å². The Balaban J connectivity index is 1.31. The predicted molar refractivity (Wildman–Crippen MR) is 114 cm³/mol. The zero-order valence-electron chi connectivity index (χ0n) is 17.6. The van der Waals surface area contributed by atoms with Crippen molar-refractivity contribution in [1.82, 2.24) is 10.2 Å². The standard InChI is InChI=1S/C23H27N3O5/c1-2-31-20-6-4-3-5-19(20)26-14-17(13-21(26)27)22(28)24-18-7-10-25(11-8-18)23(29)16-9-12-30-15-16/h3-6,9,12,15,17-18H,2,7-8,10-11,13-14H2,1H3,(H,24,28). The maximum absolute atomic E-state index is 12.8. The Kier molecular flexibility index (Phi) is 6.25. The SMILES string of the molecule is CCOc1ccccc1N1CC(C(=O)NC2CCN(C(=O)c3ccoc3)CC2)CC1=O. The van der Waals surface area contributed by atoms with E-state index in [1.165, 1.54) is 12.5 Å². The van der Waals surface area contributed by atoms with Gasteiger partial charge in [-0.2, -0.15) is 0 Å². The topological polar surface area (TPSA) is 92.1 Å². The summed E-state index contributed by atoms with van der Waals surface area (Å²) in [5.74, 6) is 0.0162. The number of amides is 3. The molecule has 2 aliphatic heterocycles. The number of furan rings is 1. The van der Waals surface area contributed by atoms with Crippen molar-refractivity contribution >= 4 is 23.4 Å². The Bertz CT molecular complexity index is 934. The minimum absolute atomic E-state index is 0.000706. The number of carbonyl (C=O) groups excluding carboxylic acids is 3. The van der Waals surface area contributed by atoms with E-state index in [0.29, 0.717) is 56.1 Å². The average molecular weight is 425 g/mol. The molecule has 2 fully saturated rings. The third kappa shape index (κ3) is 4.57. The van der Waals surface area contributed by atoms with Crippen LogP contribution in [0.5, 0.6) is 5.75 Å². The molecule has 8 nitrogen and oxygen atoms in total. The highest BCUT2D eigenvalue weighted by Gasteiger charge is 2.37. The smallest absolute Gasteiger partial charge is 0.257 e. The van der Waals surface area contributed by atoms with Crippen LogP contribution in [0.4, 0.5) is 5.69 Å². The van der Waals surface area contributed by atoms with E-state index in [0.717, 1.165) is 0 Å². The molecule has 1 aromatic carbocycles. The van der Waals surface area contributed by atoms with Gasteiger partial charge in [-0.05, 0) is 38.0 Å². The molecule has 4 rings (SSSR count). The zero-order chi connectivity index (χ0) is 21.8. The molecule has 3 heterocycles. The molecule has 31 heavy (non-hydrogen) atoms. The highest BCUT2D eigenvalue weighted by atomic mass is 16.5. The highest BCUT2D eigenvalue weighted by Crippen LogP contribution is 2.33. The van der Waals surface area contributed by atoms with Gasteiger partial charge in [-0.3, -0.25) is 14.4 Å². The Morgan fingerprint density at radius 2 is 1.97 bits per heavy atom. The Labute approximate surface area is 181 Å². The van der Waals surface area contributed by atoms with Crippen molar-refractivity contribution in [3.8, 4) is 5.75 Å². The fourth-order valence-electron chi connectivity index (χ4n) is 4.19. The van der Waals surface area contributed by atoms with Crippen molar-refractivity contribution < 1.29 is 23.5 Å². The van der Waals surface area contributed by atoms with Crippen molar-refractivity contribution in [2.45, 2.75) is 32.2 Å². The van der Waals surface area contributed by atoms with Crippen LogP contribution in [0.25, 0.3) is 0 Å². The number of piperidine rings is 1. The summed E-state index contributed by atoms with van der Waals surface area (Å²) in [6.07, 6.45) is 4.49. The Morgan fingerprint density at radius 3 is 2.68 bits per heavy atom. The molecule has 164 valence electrons. The summed E-state index contributed by atoms with van der Waals surface area (Å²) in [6, 6.07) is 9.05. The minimum Gasteiger partial charge on any atom is -0.492 e. The quantitative estimate of drug-likeness (QED) is 0.768. The average Bonchev–Trinajstić information content (AvgIpc) is 3.45. The second-order valence-electron chi connectivity index (χ2n) is 7.89. The van der Waals surface area contributed by atoms with Crippen molar-refractivity contribution in [2.24, 2.45) is 5.92 Å². The molecule has 1 unspecified atom stereocenters. The lowest BCUT2D eigenvalue weighted by Gasteiger charge is -2.32. The molecular weight excluding hydrogens is 398 g/mol. The van der Waals surface area contributed by atoms with Gasteiger partial charge in [-0.1, -0.05) is 12.1 Å². The summed E-state index contributed by atoms with van der Waals surface area (Å²) in [5, 5.41) is 3.08. The molecule has 2 aromatic rings. The van der Waals surface area contributed by atoms with Gasteiger partial charge in [0.05, 0.1) is 30.0 Å². The lowest BCUT2D eigenvalue weighted by atomic mass is 10.0. The van der Waals surface area contributed by atoms with Crippen LogP contribution < -0.4 is 15.0 Å². The fourth-order valence-corrected chi connectivity index (χ4v) is 4.19. The third-order valence-corrected chi connectivity index (χ3v) is 5.85. The number of nitrogens with one attached hydrogen (secondary N) is 1. The van der Waals surface area contributed by atoms with E-state index in [4.69, 9.17) is 9.15 Å². The van der Waals surface area contributed by atoms with Crippen molar-refractivity contribution in [1.29, 1.82) is 0 Å². The molecule has 2 saturated heterocycles. The van der Waals surface area contributed by atoms with Gasteiger partial charge in [0.2, 0.25) is 11.8 Å². The predicted octanol–water partition coefficient (Wildman–Crippen LogP) is 2.45. The molecule has 8 heteroatoms. The van der Waals surface area contributed by atoms with Crippen molar-refractivity contribution in [3.63, 3.8) is 0 Å². The molecular formula is C23H27N3O5. The Hall–Kier alpha value is -3.29. The van der Waals surface area contributed by atoms with Crippen LogP contribution in [0.2, 0.25) is 0 Å². The number of ether oxygens (including phenoxy) is 1. The van der Waals surface area contributed by atoms with E-state index in [9.17, 15) is 14.4 Å². The number of para-hydroxylation sites is 2. The molecule has 0 aliphatic carbocycles. The highest BCUT2D eigenvalue weighted by molar-refractivity contribution is 6.01. The number of likely N-dealkylation sites (tertiary alicyclic amines) is 1. The molecule has 0 saturated carbocycles. The van der Waals surface area contributed by atoms with Gasteiger partial charge in [0.25, 0.3) is 5.91 Å². The van der Waals surface area contributed by atoms with Gasteiger partial charge >= 0.3 is 0 Å². The number of hydrogen-bond acceptors (Lipinski definition) is 5. The first-order valence-corrected chi connectivity index (χ1v) is 10.7. The number of rotatable bonds is 6. The van der Waals surface area contributed by atoms with E-state index in [1.54, 1.807) is 15.9 Å². The van der Waals surface area contributed by atoms with Gasteiger partial charge in [0.1, 0.15) is 12.0 Å². The molecule has 3 amide bonds.